The zero-order valence-electron chi connectivity index (χ0n) is 31.5. The predicted octanol–water partition coefficient (Wildman–Crippen LogP) is 14.6. The molecule has 0 bridgehead atoms. The second-order valence-corrected chi connectivity index (χ2v) is 14.1. The van der Waals surface area contributed by atoms with E-state index in [0.717, 1.165) is 57.5 Å². The Kier molecular flexibility index (Phi) is 9.49. The van der Waals surface area contributed by atoms with E-state index < -0.39 is 0 Å². The van der Waals surface area contributed by atoms with E-state index in [-0.39, 0.29) is 0 Å². The van der Waals surface area contributed by atoms with Gasteiger partial charge >= 0.3 is 0 Å². The molecule has 9 rings (SSSR count). The second-order valence-electron chi connectivity index (χ2n) is 14.1. The van der Waals surface area contributed by atoms with Crippen molar-refractivity contribution in [3.05, 3.63) is 229 Å². The van der Waals surface area contributed by atoms with Crippen LogP contribution in [0.4, 0.5) is 22.7 Å². The molecule has 270 valence electrons. The number of nitrogens with zero attached hydrogens (tertiary/aromatic N) is 2. The first-order valence-corrected chi connectivity index (χ1v) is 19.3. The molecule has 0 aliphatic carbocycles. The number of fused-ring (bicyclic) bond motifs is 6. The van der Waals surface area contributed by atoms with Gasteiger partial charge in [0.2, 0.25) is 0 Å². The molecule has 2 heterocycles. The normalized spacial score (nSPS) is 13.8. The van der Waals surface area contributed by atoms with Crippen LogP contribution in [0, 0.1) is 0 Å². The van der Waals surface area contributed by atoms with E-state index in [4.69, 9.17) is 4.42 Å². The van der Waals surface area contributed by atoms with E-state index in [1.54, 1.807) is 6.08 Å². The standard InChI is InChI=1S/C53H42N2O/c1-3-5-6-7-10-19-41-34-39(40-29-28-38-31-33-52-53(48(38)36-40)47-25-16-18-27-51(47)56-52)30-32-50(41)54(44-21-11-8-12-22-44)43(4-2)37-46-35-42-20-15-17-26-49(42)55(46)45-23-13-9-14-24-45/h3-18,20-34,36-37H,1,19,35H2,2H3/b6-5-,10-7-,43-4+,46-37+. The lowest BCUT2D eigenvalue weighted by Crippen LogP contribution is -2.19. The van der Waals surface area contributed by atoms with Crippen LogP contribution in [0.1, 0.15) is 18.1 Å². The van der Waals surface area contributed by atoms with Gasteiger partial charge in [-0.1, -0.05) is 140 Å². The van der Waals surface area contributed by atoms with E-state index in [1.807, 2.05) is 24.3 Å². The first-order chi connectivity index (χ1) is 27.7. The summed E-state index contributed by atoms with van der Waals surface area (Å²) in [5.41, 5.74) is 13.6. The molecule has 1 aromatic heterocycles. The van der Waals surface area contributed by atoms with Crippen molar-refractivity contribution in [1.29, 1.82) is 0 Å². The van der Waals surface area contributed by atoms with Gasteiger partial charge in [-0.25, -0.2) is 0 Å². The van der Waals surface area contributed by atoms with E-state index in [1.165, 1.54) is 44.4 Å². The summed E-state index contributed by atoms with van der Waals surface area (Å²) in [6, 6.07) is 56.4. The molecular formula is C53H42N2O. The smallest absolute Gasteiger partial charge is 0.136 e. The van der Waals surface area contributed by atoms with E-state index in [0.29, 0.717) is 0 Å². The number of hydrogen-bond acceptors (Lipinski definition) is 3. The van der Waals surface area contributed by atoms with Gasteiger partial charge in [0.15, 0.2) is 0 Å². The molecule has 0 unspecified atom stereocenters. The van der Waals surface area contributed by atoms with Crippen LogP contribution in [0.25, 0.3) is 43.8 Å². The van der Waals surface area contributed by atoms with Crippen molar-refractivity contribution >= 4 is 55.5 Å². The SMILES string of the molecule is C=C/C=C\C=C/Cc1cc(-c2ccc3ccc4oc5ccccc5c4c3c2)ccc1N(C(=C/C)/C=C1\Cc2ccccc2N1c1ccccc1)c1ccccc1. The minimum absolute atomic E-state index is 0.743. The van der Waals surface area contributed by atoms with Gasteiger partial charge in [-0.2, -0.15) is 0 Å². The van der Waals surface area contributed by atoms with Gasteiger partial charge in [0, 0.05) is 51.3 Å². The number of anilines is 4. The van der Waals surface area contributed by atoms with Crippen molar-refractivity contribution in [2.45, 2.75) is 19.8 Å². The fourth-order valence-corrected chi connectivity index (χ4v) is 8.04. The molecule has 1 aliphatic heterocycles. The Morgan fingerprint density at radius 2 is 1.43 bits per heavy atom. The van der Waals surface area contributed by atoms with Crippen molar-refractivity contribution < 1.29 is 4.42 Å². The molecule has 3 nitrogen and oxygen atoms in total. The first kappa shape index (κ1) is 34.7. The number of hydrogen-bond donors (Lipinski definition) is 0. The molecule has 0 saturated carbocycles. The third-order valence-electron chi connectivity index (χ3n) is 10.6. The van der Waals surface area contributed by atoms with Crippen LogP contribution in [-0.4, -0.2) is 0 Å². The molecule has 0 amide bonds. The van der Waals surface area contributed by atoms with E-state index in [2.05, 4.69) is 193 Å². The summed E-state index contributed by atoms with van der Waals surface area (Å²) in [5.74, 6) is 0. The summed E-state index contributed by atoms with van der Waals surface area (Å²) in [6.45, 7) is 5.99. The predicted molar refractivity (Wildman–Crippen MR) is 238 cm³/mol. The summed E-state index contributed by atoms with van der Waals surface area (Å²) in [7, 11) is 0. The Hall–Kier alpha value is -7.10. The highest BCUT2D eigenvalue weighted by Crippen LogP contribution is 2.43. The summed E-state index contributed by atoms with van der Waals surface area (Å²) >= 11 is 0. The molecule has 0 saturated heterocycles. The highest BCUT2D eigenvalue weighted by atomic mass is 16.3. The fourth-order valence-electron chi connectivity index (χ4n) is 8.04. The summed E-state index contributed by atoms with van der Waals surface area (Å²) in [6.07, 6.45) is 16.3. The van der Waals surface area contributed by atoms with Crippen LogP contribution < -0.4 is 9.80 Å². The Morgan fingerprint density at radius 1 is 0.696 bits per heavy atom. The third-order valence-corrected chi connectivity index (χ3v) is 10.6. The Balaban J connectivity index is 1.19. The summed E-state index contributed by atoms with van der Waals surface area (Å²) < 4.78 is 6.27. The van der Waals surface area contributed by atoms with E-state index >= 15 is 0 Å². The molecule has 0 N–H and O–H groups in total. The van der Waals surface area contributed by atoms with Crippen LogP contribution in [0.2, 0.25) is 0 Å². The maximum Gasteiger partial charge on any atom is 0.136 e. The van der Waals surface area contributed by atoms with Crippen molar-refractivity contribution in [2.24, 2.45) is 0 Å². The highest BCUT2D eigenvalue weighted by Gasteiger charge is 2.27. The number of para-hydroxylation sites is 4. The molecule has 0 radical (unpaired) electrons. The monoisotopic (exact) mass is 722 g/mol. The molecule has 1 aliphatic rings. The molecule has 0 atom stereocenters. The third kappa shape index (κ3) is 6.54. The van der Waals surface area contributed by atoms with Crippen LogP contribution in [0.3, 0.4) is 0 Å². The van der Waals surface area contributed by atoms with Crippen LogP contribution in [-0.2, 0) is 12.8 Å². The lowest BCUT2D eigenvalue weighted by atomic mass is 9.95. The zero-order valence-corrected chi connectivity index (χ0v) is 31.5. The largest absolute Gasteiger partial charge is 0.456 e. The van der Waals surface area contributed by atoms with Crippen LogP contribution in [0.5, 0.6) is 0 Å². The van der Waals surface area contributed by atoms with Gasteiger partial charge in [-0.15, -0.1) is 0 Å². The average Bonchev–Trinajstić information content (AvgIpc) is 3.82. The Bertz CT molecular complexity index is 2840. The van der Waals surface area contributed by atoms with Gasteiger partial charge in [0.25, 0.3) is 0 Å². The Morgan fingerprint density at radius 3 is 2.27 bits per heavy atom. The minimum Gasteiger partial charge on any atom is -0.456 e. The summed E-state index contributed by atoms with van der Waals surface area (Å²) in [4.78, 5) is 4.81. The maximum absolute atomic E-state index is 6.27. The van der Waals surface area contributed by atoms with Gasteiger partial charge in [-0.3, -0.25) is 0 Å². The molecule has 7 aromatic carbocycles. The lowest BCUT2D eigenvalue weighted by molar-refractivity contribution is 0.669. The minimum atomic E-state index is 0.743. The van der Waals surface area contributed by atoms with Gasteiger partial charge in [0.1, 0.15) is 11.2 Å². The first-order valence-electron chi connectivity index (χ1n) is 19.3. The Labute approximate surface area is 328 Å². The quantitative estimate of drug-likeness (QED) is 0.131. The topological polar surface area (TPSA) is 19.6 Å². The molecule has 8 aromatic rings. The molecule has 56 heavy (non-hydrogen) atoms. The van der Waals surface area contributed by atoms with Crippen molar-refractivity contribution in [2.75, 3.05) is 9.80 Å². The number of allylic oxidation sites excluding steroid dienone is 8. The van der Waals surface area contributed by atoms with Gasteiger partial charge < -0.3 is 14.2 Å². The molecule has 3 heteroatoms. The molecule has 0 fully saturated rings. The zero-order chi connectivity index (χ0) is 37.8. The molecular weight excluding hydrogens is 681 g/mol. The summed E-state index contributed by atoms with van der Waals surface area (Å²) in [5, 5.41) is 4.69. The van der Waals surface area contributed by atoms with Crippen molar-refractivity contribution in [1.82, 2.24) is 0 Å². The molecule has 0 spiro atoms. The number of furan rings is 1. The highest BCUT2D eigenvalue weighted by molar-refractivity contribution is 6.19. The number of rotatable bonds is 10. The second kappa shape index (κ2) is 15.3. The fraction of sp³-hybridized carbons (Fsp3) is 0.0566. The van der Waals surface area contributed by atoms with Crippen LogP contribution >= 0.6 is 0 Å². The van der Waals surface area contributed by atoms with Gasteiger partial charge in [-0.05, 0) is 113 Å². The number of benzene rings is 7. The van der Waals surface area contributed by atoms with Gasteiger partial charge in [0.05, 0.1) is 0 Å². The van der Waals surface area contributed by atoms with Crippen LogP contribution in [0.15, 0.2) is 223 Å². The van der Waals surface area contributed by atoms with E-state index in [9.17, 15) is 0 Å². The van der Waals surface area contributed by atoms with Crippen molar-refractivity contribution in [3.8, 4) is 11.1 Å². The van der Waals surface area contributed by atoms with Crippen molar-refractivity contribution in [3.63, 3.8) is 0 Å². The lowest BCUT2D eigenvalue weighted by Gasteiger charge is -2.30. The maximum atomic E-state index is 6.27. The average molecular weight is 723 g/mol.